The molecule has 0 saturated carbocycles. The van der Waals surface area contributed by atoms with Gasteiger partial charge in [-0.1, -0.05) is 39.8 Å². The lowest BCUT2D eigenvalue weighted by Gasteiger charge is -1.92. The van der Waals surface area contributed by atoms with Crippen LogP contribution >= 0.6 is 0 Å². The van der Waals surface area contributed by atoms with Crippen molar-refractivity contribution < 1.29 is 30.0 Å². The van der Waals surface area contributed by atoms with E-state index in [2.05, 4.69) is 13.2 Å². The molecule has 118 valence electrons. The van der Waals surface area contributed by atoms with E-state index in [0.29, 0.717) is 24.0 Å². The van der Waals surface area contributed by atoms with Gasteiger partial charge in [-0.15, -0.1) is 0 Å². The fraction of sp³-hybridized carbons (Fsp3) is 0.571. The van der Waals surface area contributed by atoms with Gasteiger partial charge in [0.1, 0.15) is 0 Å². The molecule has 0 bridgehead atoms. The van der Waals surface area contributed by atoms with Crippen molar-refractivity contribution >= 4 is 11.9 Å². The molecule has 20 heavy (non-hydrogen) atoms. The van der Waals surface area contributed by atoms with Crippen molar-refractivity contribution in [3.05, 3.63) is 24.3 Å². The number of carbonyl (C=O) groups is 2. The first-order valence-corrected chi connectivity index (χ1v) is 6.32. The topological polar surface area (TPSA) is 115 Å². The van der Waals surface area contributed by atoms with Crippen molar-refractivity contribution in [2.45, 2.75) is 39.5 Å². The maximum absolute atomic E-state index is 9.99. The Labute approximate surface area is 120 Å². The summed E-state index contributed by atoms with van der Waals surface area (Å²) in [5.74, 6) is -1.77. The zero-order valence-electron chi connectivity index (χ0n) is 12.3. The Hall–Kier alpha value is -1.66. The van der Waals surface area contributed by atoms with Crippen molar-refractivity contribution in [2.24, 2.45) is 0 Å². The van der Waals surface area contributed by atoms with Gasteiger partial charge in [0.05, 0.1) is 13.2 Å². The summed E-state index contributed by atoms with van der Waals surface area (Å²) in [5.41, 5.74) is 0.597. The van der Waals surface area contributed by atoms with Gasteiger partial charge in [0.2, 0.25) is 0 Å². The molecule has 0 heterocycles. The zero-order chi connectivity index (χ0) is 16.6. The van der Waals surface area contributed by atoms with Crippen molar-refractivity contribution in [3.8, 4) is 0 Å². The van der Waals surface area contributed by atoms with Gasteiger partial charge in [-0.2, -0.15) is 0 Å². The summed E-state index contributed by atoms with van der Waals surface area (Å²) in [6, 6.07) is 0. The number of hydrogen-bond acceptors (Lipinski definition) is 4. The molecule has 0 aliphatic rings. The summed E-state index contributed by atoms with van der Waals surface area (Å²) < 4.78 is 0. The van der Waals surface area contributed by atoms with E-state index in [1.807, 2.05) is 13.8 Å². The van der Waals surface area contributed by atoms with Gasteiger partial charge in [-0.25, -0.2) is 9.59 Å². The molecule has 0 aliphatic carbocycles. The normalized spacial score (nSPS) is 8.40. The summed E-state index contributed by atoms with van der Waals surface area (Å²) in [5, 5.41) is 31.7. The van der Waals surface area contributed by atoms with E-state index in [4.69, 9.17) is 20.4 Å². The minimum Gasteiger partial charge on any atom is -0.478 e. The summed E-state index contributed by atoms with van der Waals surface area (Å²) >= 11 is 0. The quantitative estimate of drug-likeness (QED) is 0.532. The predicted molar refractivity (Wildman–Crippen MR) is 77.5 cm³/mol. The molecule has 0 unspecified atom stereocenters. The number of carboxylic acids is 2. The second-order valence-corrected chi connectivity index (χ2v) is 3.76. The maximum atomic E-state index is 9.99. The Morgan fingerprint density at radius 3 is 1.10 bits per heavy atom. The predicted octanol–water partition coefficient (Wildman–Crippen LogP) is 1.83. The van der Waals surface area contributed by atoms with E-state index in [0.717, 1.165) is 12.8 Å². The second-order valence-electron chi connectivity index (χ2n) is 3.76. The molecule has 0 saturated heterocycles. The summed E-state index contributed by atoms with van der Waals surface area (Å²) in [6.07, 6.45) is 2.89. The Balaban J connectivity index is -0.000000230. The van der Waals surface area contributed by atoms with Crippen LogP contribution in [-0.4, -0.2) is 45.6 Å². The van der Waals surface area contributed by atoms with Crippen molar-refractivity contribution in [1.29, 1.82) is 0 Å². The first-order valence-electron chi connectivity index (χ1n) is 6.32. The Kier molecular flexibility index (Phi) is 20.3. The summed E-state index contributed by atoms with van der Waals surface area (Å²) in [6.45, 7) is 10.3. The number of hydrogen-bond donors (Lipinski definition) is 4. The average molecular weight is 290 g/mol. The van der Waals surface area contributed by atoms with Gasteiger partial charge in [-0.05, 0) is 12.8 Å². The fourth-order valence-corrected chi connectivity index (χ4v) is 0.817. The molecule has 0 aromatic rings. The molecule has 0 amide bonds. The van der Waals surface area contributed by atoms with Crippen LogP contribution in [-0.2, 0) is 9.59 Å². The largest absolute Gasteiger partial charge is 0.478 e. The molecule has 4 N–H and O–H groups in total. The highest BCUT2D eigenvalue weighted by Crippen LogP contribution is 2.00. The SMILES string of the molecule is C=C(CCC)C(=O)O.C=C(CCC)C(=O)O.OCCO. The highest BCUT2D eigenvalue weighted by atomic mass is 16.4. The van der Waals surface area contributed by atoms with E-state index in [1.165, 1.54) is 0 Å². The van der Waals surface area contributed by atoms with Gasteiger partial charge >= 0.3 is 11.9 Å². The first-order chi connectivity index (χ1) is 9.28. The molecule has 0 atom stereocenters. The minimum atomic E-state index is -0.883. The van der Waals surface area contributed by atoms with Gasteiger partial charge < -0.3 is 20.4 Å². The summed E-state index contributed by atoms with van der Waals surface area (Å²) in [7, 11) is 0. The molecule has 0 rings (SSSR count). The average Bonchev–Trinajstić information content (AvgIpc) is 2.40. The lowest BCUT2D eigenvalue weighted by atomic mass is 10.2. The molecule has 0 spiro atoms. The van der Waals surface area contributed by atoms with Crippen LogP contribution in [0.2, 0.25) is 0 Å². The van der Waals surface area contributed by atoms with Gasteiger partial charge in [0, 0.05) is 11.1 Å². The lowest BCUT2D eigenvalue weighted by Crippen LogP contribution is -1.97. The molecule has 0 aromatic carbocycles. The van der Waals surface area contributed by atoms with Crippen LogP contribution < -0.4 is 0 Å². The fourth-order valence-electron chi connectivity index (χ4n) is 0.817. The third kappa shape index (κ3) is 21.6. The monoisotopic (exact) mass is 290 g/mol. The van der Waals surface area contributed by atoms with E-state index < -0.39 is 11.9 Å². The number of aliphatic carboxylic acids is 2. The number of aliphatic hydroxyl groups is 2. The summed E-state index contributed by atoms with van der Waals surface area (Å²) in [4.78, 5) is 20.0. The van der Waals surface area contributed by atoms with E-state index >= 15 is 0 Å². The van der Waals surface area contributed by atoms with Crippen LogP contribution in [0.3, 0.4) is 0 Å². The van der Waals surface area contributed by atoms with Gasteiger partial charge in [-0.3, -0.25) is 0 Å². The maximum Gasteiger partial charge on any atom is 0.330 e. The van der Waals surface area contributed by atoms with E-state index in [9.17, 15) is 9.59 Å². The minimum absolute atomic E-state index is 0.125. The Bertz CT molecular complexity index is 266. The molecular formula is C14H26O6. The molecule has 0 fully saturated rings. The van der Waals surface area contributed by atoms with Crippen LogP contribution in [0.5, 0.6) is 0 Å². The molecule has 0 aliphatic heterocycles. The molecule has 0 radical (unpaired) electrons. The Morgan fingerprint density at radius 2 is 1.05 bits per heavy atom. The molecule has 6 nitrogen and oxygen atoms in total. The highest BCUT2D eigenvalue weighted by molar-refractivity contribution is 5.85. The molecular weight excluding hydrogens is 264 g/mol. The smallest absolute Gasteiger partial charge is 0.330 e. The van der Waals surface area contributed by atoms with Crippen LogP contribution in [0, 0.1) is 0 Å². The van der Waals surface area contributed by atoms with Crippen LogP contribution in [0.25, 0.3) is 0 Å². The second kappa shape index (κ2) is 17.3. The van der Waals surface area contributed by atoms with Crippen LogP contribution in [0.4, 0.5) is 0 Å². The number of carboxylic acid groups (broad SMARTS) is 2. The number of rotatable bonds is 7. The van der Waals surface area contributed by atoms with Gasteiger partial charge in [0.15, 0.2) is 0 Å². The standard InChI is InChI=1S/2C6H10O2.C2H6O2/c2*1-3-4-5(2)6(7)8;3-1-2-4/h2*2-4H2,1H3,(H,7,8);3-4H,1-2H2. The van der Waals surface area contributed by atoms with Crippen molar-refractivity contribution in [2.75, 3.05) is 13.2 Å². The highest BCUT2D eigenvalue weighted by Gasteiger charge is 1.99. The zero-order valence-corrected chi connectivity index (χ0v) is 12.3. The first kappa shape index (κ1) is 23.4. The van der Waals surface area contributed by atoms with Gasteiger partial charge in [0.25, 0.3) is 0 Å². The van der Waals surface area contributed by atoms with E-state index in [-0.39, 0.29) is 13.2 Å². The van der Waals surface area contributed by atoms with Crippen LogP contribution in [0.1, 0.15) is 39.5 Å². The van der Waals surface area contributed by atoms with Crippen molar-refractivity contribution in [1.82, 2.24) is 0 Å². The molecule has 0 aromatic heterocycles. The van der Waals surface area contributed by atoms with E-state index in [1.54, 1.807) is 0 Å². The Morgan fingerprint density at radius 1 is 0.800 bits per heavy atom. The molecule has 6 heteroatoms. The van der Waals surface area contributed by atoms with Crippen LogP contribution in [0.15, 0.2) is 24.3 Å². The van der Waals surface area contributed by atoms with Crippen molar-refractivity contribution in [3.63, 3.8) is 0 Å². The number of aliphatic hydroxyl groups excluding tert-OH is 2. The third-order valence-corrected chi connectivity index (χ3v) is 1.81. The third-order valence-electron chi connectivity index (χ3n) is 1.81. The lowest BCUT2D eigenvalue weighted by molar-refractivity contribution is -0.133.